The molecule has 0 radical (unpaired) electrons. The third-order valence-electron chi connectivity index (χ3n) is 4.04. The first-order chi connectivity index (χ1) is 12.8. The molecule has 0 fully saturated rings. The molecular formula is C22H18N4. The molecule has 0 aromatic heterocycles. The van der Waals surface area contributed by atoms with Gasteiger partial charge in [0.25, 0.3) is 0 Å². The standard InChI is InChI=1S/C22H18N4/c23-13-17-5-9-21(10-6-17)25-15-19-1-2-20(4-3-19)16-26-22-11-7-18(14-24)8-12-22/h1-12,25-26H,15-16H2. The maximum atomic E-state index is 8.81. The van der Waals surface area contributed by atoms with Crippen LogP contribution in [0.5, 0.6) is 0 Å². The zero-order valence-corrected chi connectivity index (χ0v) is 14.2. The van der Waals surface area contributed by atoms with Crippen LogP contribution in [0, 0.1) is 22.7 Å². The molecule has 4 heteroatoms. The first kappa shape index (κ1) is 17.1. The summed E-state index contributed by atoms with van der Waals surface area (Å²) in [4.78, 5) is 0. The molecule has 0 saturated heterocycles. The molecule has 0 aliphatic carbocycles. The summed E-state index contributed by atoms with van der Waals surface area (Å²) >= 11 is 0. The summed E-state index contributed by atoms with van der Waals surface area (Å²) in [5.41, 5.74) is 5.70. The topological polar surface area (TPSA) is 71.6 Å². The Morgan fingerprint density at radius 3 is 1.19 bits per heavy atom. The van der Waals surface area contributed by atoms with Crippen molar-refractivity contribution in [1.29, 1.82) is 10.5 Å². The van der Waals surface area contributed by atoms with Crippen molar-refractivity contribution in [1.82, 2.24) is 0 Å². The number of nitrogens with one attached hydrogen (secondary N) is 2. The summed E-state index contributed by atoms with van der Waals surface area (Å²) in [5, 5.41) is 24.3. The van der Waals surface area contributed by atoms with Gasteiger partial charge >= 0.3 is 0 Å². The fraction of sp³-hybridized carbons (Fsp3) is 0.0909. The van der Waals surface area contributed by atoms with Crippen molar-refractivity contribution in [2.75, 3.05) is 10.6 Å². The molecule has 126 valence electrons. The van der Waals surface area contributed by atoms with Gasteiger partial charge in [-0.05, 0) is 59.7 Å². The predicted octanol–water partition coefficient (Wildman–Crippen LogP) is 4.65. The van der Waals surface area contributed by atoms with Crippen LogP contribution in [0.2, 0.25) is 0 Å². The molecule has 0 spiro atoms. The lowest BCUT2D eigenvalue weighted by atomic mass is 10.1. The minimum absolute atomic E-state index is 0.662. The molecule has 0 saturated carbocycles. The molecule has 3 aromatic rings. The number of nitriles is 2. The van der Waals surface area contributed by atoms with Gasteiger partial charge in [-0.15, -0.1) is 0 Å². The van der Waals surface area contributed by atoms with Crippen LogP contribution in [0.15, 0.2) is 72.8 Å². The Bertz CT molecular complexity index is 847. The van der Waals surface area contributed by atoms with Gasteiger partial charge in [0.1, 0.15) is 0 Å². The summed E-state index contributed by atoms with van der Waals surface area (Å²) in [6, 6.07) is 27.5. The Hall–Kier alpha value is -3.76. The molecule has 0 aliphatic rings. The van der Waals surface area contributed by atoms with Crippen LogP contribution >= 0.6 is 0 Å². The Morgan fingerprint density at radius 2 is 0.885 bits per heavy atom. The summed E-state index contributed by atoms with van der Waals surface area (Å²) in [7, 11) is 0. The average Bonchev–Trinajstić information content (AvgIpc) is 2.72. The first-order valence-corrected chi connectivity index (χ1v) is 8.33. The molecule has 0 atom stereocenters. The van der Waals surface area contributed by atoms with Crippen molar-refractivity contribution in [2.24, 2.45) is 0 Å². The van der Waals surface area contributed by atoms with E-state index in [4.69, 9.17) is 10.5 Å². The fourth-order valence-corrected chi connectivity index (χ4v) is 2.51. The molecular weight excluding hydrogens is 320 g/mol. The van der Waals surface area contributed by atoms with E-state index in [2.05, 4.69) is 47.0 Å². The maximum absolute atomic E-state index is 8.81. The number of nitrogens with zero attached hydrogens (tertiary/aromatic N) is 2. The molecule has 26 heavy (non-hydrogen) atoms. The summed E-state index contributed by atoms with van der Waals surface area (Å²) in [6.45, 7) is 1.46. The van der Waals surface area contributed by atoms with E-state index in [1.807, 2.05) is 24.3 Å². The van der Waals surface area contributed by atoms with Crippen LogP contribution in [-0.2, 0) is 13.1 Å². The van der Waals surface area contributed by atoms with Gasteiger partial charge in [-0.1, -0.05) is 24.3 Å². The second kappa shape index (κ2) is 8.37. The molecule has 3 rings (SSSR count). The number of anilines is 2. The van der Waals surface area contributed by atoms with Crippen molar-refractivity contribution >= 4 is 11.4 Å². The lowest BCUT2D eigenvalue weighted by molar-refractivity contribution is 1.11. The third kappa shape index (κ3) is 4.63. The minimum Gasteiger partial charge on any atom is -0.381 e. The highest BCUT2D eigenvalue weighted by atomic mass is 14.9. The van der Waals surface area contributed by atoms with Gasteiger partial charge < -0.3 is 10.6 Å². The van der Waals surface area contributed by atoms with Crippen molar-refractivity contribution in [3.63, 3.8) is 0 Å². The van der Waals surface area contributed by atoms with Crippen LogP contribution in [0.4, 0.5) is 11.4 Å². The molecule has 0 bridgehead atoms. The SMILES string of the molecule is N#Cc1ccc(NCc2ccc(CNc3ccc(C#N)cc3)cc2)cc1. The van der Waals surface area contributed by atoms with E-state index >= 15 is 0 Å². The Morgan fingerprint density at radius 1 is 0.538 bits per heavy atom. The second-order valence-electron chi connectivity index (χ2n) is 5.90. The van der Waals surface area contributed by atoms with E-state index in [0.717, 1.165) is 24.5 Å². The molecule has 0 amide bonds. The van der Waals surface area contributed by atoms with Crippen LogP contribution in [0.25, 0.3) is 0 Å². The van der Waals surface area contributed by atoms with Crippen molar-refractivity contribution in [3.05, 3.63) is 95.1 Å². The largest absolute Gasteiger partial charge is 0.381 e. The maximum Gasteiger partial charge on any atom is 0.0991 e. The van der Waals surface area contributed by atoms with Gasteiger partial charge in [0.2, 0.25) is 0 Å². The smallest absolute Gasteiger partial charge is 0.0991 e. The number of rotatable bonds is 6. The van der Waals surface area contributed by atoms with E-state index in [1.165, 1.54) is 11.1 Å². The van der Waals surface area contributed by atoms with Gasteiger partial charge in [0.05, 0.1) is 23.3 Å². The average molecular weight is 338 g/mol. The van der Waals surface area contributed by atoms with E-state index in [9.17, 15) is 0 Å². The summed E-state index contributed by atoms with van der Waals surface area (Å²) in [6.07, 6.45) is 0. The predicted molar refractivity (Wildman–Crippen MR) is 103 cm³/mol. The zero-order chi connectivity index (χ0) is 18.2. The number of hydrogen-bond donors (Lipinski definition) is 2. The van der Waals surface area contributed by atoms with E-state index in [1.54, 1.807) is 24.3 Å². The van der Waals surface area contributed by atoms with Crippen LogP contribution < -0.4 is 10.6 Å². The lowest BCUT2D eigenvalue weighted by Gasteiger charge is -2.09. The third-order valence-corrected chi connectivity index (χ3v) is 4.04. The highest BCUT2D eigenvalue weighted by molar-refractivity contribution is 5.49. The highest BCUT2D eigenvalue weighted by Gasteiger charge is 1.98. The summed E-state index contributed by atoms with van der Waals surface area (Å²) < 4.78 is 0. The Labute approximate surface area is 153 Å². The number of hydrogen-bond acceptors (Lipinski definition) is 4. The Balaban J connectivity index is 1.51. The second-order valence-corrected chi connectivity index (χ2v) is 5.90. The monoisotopic (exact) mass is 338 g/mol. The fourth-order valence-electron chi connectivity index (χ4n) is 2.51. The van der Waals surface area contributed by atoms with Gasteiger partial charge in [0, 0.05) is 24.5 Å². The minimum atomic E-state index is 0.662. The van der Waals surface area contributed by atoms with Gasteiger partial charge in [-0.3, -0.25) is 0 Å². The van der Waals surface area contributed by atoms with Crippen molar-refractivity contribution < 1.29 is 0 Å². The van der Waals surface area contributed by atoms with Crippen molar-refractivity contribution in [2.45, 2.75) is 13.1 Å². The van der Waals surface area contributed by atoms with E-state index in [0.29, 0.717) is 11.1 Å². The van der Waals surface area contributed by atoms with Crippen LogP contribution in [0.3, 0.4) is 0 Å². The van der Waals surface area contributed by atoms with Crippen LogP contribution in [0.1, 0.15) is 22.3 Å². The molecule has 3 aromatic carbocycles. The molecule has 0 aliphatic heterocycles. The summed E-state index contributed by atoms with van der Waals surface area (Å²) in [5.74, 6) is 0. The normalized spacial score (nSPS) is 9.77. The first-order valence-electron chi connectivity index (χ1n) is 8.33. The van der Waals surface area contributed by atoms with E-state index < -0.39 is 0 Å². The molecule has 0 heterocycles. The molecule has 4 nitrogen and oxygen atoms in total. The van der Waals surface area contributed by atoms with Gasteiger partial charge in [-0.25, -0.2) is 0 Å². The van der Waals surface area contributed by atoms with Crippen LogP contribution in [-0.4, -0.2) is 0 Å². The highest BCUT2D eigenvalue weighted by Crippen LogP contribution is 2.13. The Kier molecular flexibility index (Phi) is 5.50. The van der Waals surface area contributed by atoms with Crippen molar-refractivity contribution in [3.8, 4) is 12.1 Å². The molecule has 0 unspecified atom stereocenters. The molecule has 2 N–H and O–H groups in total. The zero-order valence-electron chi connectivity index (χ0n) is 14.2. The van der Waals surface area contributed by atoms with E-state index in [-0.39, 0.29) is 0 Å². The van der Waals surface area contributed by atoms with Gasteiger partial charge in [-0.2, -0.15) is 10.5 Å². The number of benzene rings is 3. The van der Waals surface area contributed by atoms with Gasteiger partial charge in [0.15, 0.2) is 0 Å². The lowest BCUT2D eigenvalue weighted by Crippen LogP contribution is -2.01. The quantitative estimate of drug-likeness (QED) is 0.686.